The molecule has 1 aromatic carbocycles. The van der Waals surface area contributed by atoms with Crippen LogP contribution in [0.4, 0.5) is 6.01 Å². The van der Waals surface area contributed by atoms with Crippen LogP contribution in [0.1, 0.15) is 30.1 Å². The molecule has 1 heterocycles. The molecule has 0 aliphatic heterocycles. The van der Waals surface area contributed by atoms with Crippen LogP contribution in [0.5, 0.6) is 0 Å². The van der Waals surface area contributed by atoms with Crippen LogP contribution in [0.2, 0.25) is 5.02 Å². The SMILES string of the molecule is Cc1nnc(NC(=O)c2ccc(S(C)(=O)=O)c([S+]([O-])C(C)C)c2Cl)o1. The molecule has 2 rings (SSSR count). The second kappa shape index (κ2) is 7.32. The standard InChI is InChI=1S/C14H16ClN3O5S2/c1-7(2)24(20)12-10(25(4,21)22)6-5-9(11(12)15)13(19)16-14-18-17-8(3)23-14/h5-7H,1-4H3,(H,16,18,19). The van der Waals surface area contributed by atoms with Crippen molar-refractivity contribution in [3.63, 3.8) is 0 Å². The molecule has 0 saturated heterocycles. The predicted octanol–water partition coefficient (Wildman–Crippen LogP) is 2.20. The number of halogens is 1. The summed E-state index contributed by atoms with van der Waals surface area (Å²) in [7, 11) is -3.68. The van der Waals surface area contributed by atoms with E-state index in [2.05, 4.69) is 15.5 Å². The van der Waals surface area contributed by atoms with Gasteiger partial charge in [-0.15, -0.1) is 5.10 Å². The minimum absolute atomic E-state index is 0.0473. The normalized spacial score (nSPS) is 13.1. The van der Waals surface area contributed by atoms with Crippen molar-refractivity contribution in [3.05, 3.63) is 28.6 Å². The van der Waals surface area contributed by atoms with Gasteiger partial charge in [-0.2, -0.15) is 0 Å². The maximum absolute atomic E-state index is 12.6. The van der Waals surface area contributed by atoms with Crippen LogP contribution in [0.3, 0.4) is 0 Å². The number of benzene rings is 1. The van der Waals surface area contributed by atoms with Crippen molar-refractivity contribution in [3.8, 4) is 0 Å². The van der Waals surface area contributed by atoms with Crippen LogP contribution in [-0.4, -0.2) is 40.6 Å². The molecule has 136 valence electrons. The third-order valence-electron chi connectivity index (χ3n) is 3.08. The summed E-state index contributed by atoms with van der Waals surface area (Å²) in [4.78, 5) is 12.1. The number of sulfone groups is 1. The first kappa shape index (κ1) is 19.7. The number of carbonyl (C=O) groups is 1. The van der Waals surface area contributed by atoms with Gasteiger partial charge in [0.15, 0.2) is 14.7 Å². The molecule has 0 aliphatic carbocycles. The Bertz CT molecular complexity index is 911. The summed E-state index contributed by atoms with van der Waals surface area (Å²) in [6.07, 6.45) is 0.987. The number of rotatable bonds is 5. The molecule has 0 aliphatic rings. The summed E-state index contributed by atoms with van der Waals surface area (Å²) < 4.78 is 41.6. The van der Waals surface area contributed by atoms with Gasteiger partial charge in [-0.1, -0.05) is 16.7 Å². The molecule has 0 fully saturated rings. The van der Waals surface area contributed by atoms with Crippen LogP contribution in [-0.2, 0) is 21.0 Å². The zero-order valence-corrected chi connectivity index (χ0v) is 16.3. The number of nitrogens with one attached hydrogen (secondary N) is 1. The molecular weight excluding hydrogens is 390 g/mol. The molecule has 0 spiro atoms. The highest BCUT2D eigenvalue weighted by Gasteiger charge is 2.31. The second-order valence-corrected chi connectivity index (χ2v) is 9.76. The van der Waals surface area contributed by atoms with Crippen molar-refractivity contribution in [2.75, 3.05) is 11.6 Å². The largest absolute Gasteiger partial charge is 0.611 e. The van der Waals surface area contributed by atoms with E-state index in [1.54, 1.807) is 20.8 Å². The lowest BCUT2D eigenvalue weighted by Gasteiger charge is -2.19. The Morgan fingerprint density at radius 3 is 2.48 bits per heavy atom. The molecule has 1 aromatic heterocycles. The maximum Gasteiger partial charge on any atom is 0.322 e. The number of hydrogen-bond donors (Lipinski definition) is 1. The van der Waals surface area contributed by atoms with Gasteiger partial charge >= 0.3 is 6.01 Å². The van der Waals surface area contributed by atoms with E-state index in [9.17, 15) is 17.8 Å². The highest BCUT2D eigenvalue weighted by molar-refractivity contribution is 7.94. The average Bonchev–Trinajstić information content (AvgIpc) is 2.89. The minimum atomic E-state index is -3.68. The van der Waals surface area contributed by atoms with E-state index in [0.29, 0.717) is 0 Å². The van der Waals surface area contributed by atoms with Gasteiger partial charge in [-0.3, -0.25) is 10.1 Å². The first-order valence-electron chi connectivity index (χ1n) is 7.07. The molecule has 8 nitrogen and oxygen atoms in total. The van der Waals surface area contributed by atoms with Gasteiger partial charge in [0.05, 0.1) is 5.56 Å². The van der Waals surface area contributed by atoms with Crippen LogP contribution in [0, 0.1) is 6.92 Å². The van der Waals surface area contributed by atoms with Gasteiger partial charge in [0, 0.05) is 13.2 Å². The molecule has 1 N–H and O–H groups in total. The van der Waals surface area contributed by atoms with Crippen molar-refractivity contribution in [2.24, 2.45) is 0 Å². The number of carbonyl (C=O) groups excluding carboxylic acids is 1. The van der Waals surface area contributed by atoms with Crippen LogP contribution < -0.4 is 5.32 Å². The van der Waals surface area contributed by atoms with Crippen molar-refractivity contribution >= 4 is 44.5 Å². The highest BCUT2D eigenvalue weighted by Crippen LogP contribution is 2.34. The molecule has 0 bridgehead atoms. The predicted molar refractivity (Wildman–Crippen MR) is 93.1 cm³/mol. The third kappa shape index (κ3) is 4.32. The van der Waals surface area contributed by atoms with Gasteiger partial charge < -0.3 is 8.97 Å². The Kier molecular flexibility index (Phi) is 5.77. The highest BCUT2D eigenvalue weighted by atomic mass is 35.5. The van der Waals surface area contributed by atoms with Crippen LogP contribution in [0.15, 0.2) is 26.3 Å². The minimum Gasteiger partial charge on any atom is -0.611 e. The third-order valence-corrected chi connectivity index (χ3v) is 6.54. The number of anilines is 1. The Labute approximate surface area is 153 Å². The fraction of sp³-hybridized carbons (Fsp3) is 0.357. The van der Waals surface area contributed by atoms with Gasteiger partial charge in [0.2, 0.25) is 5.89 Å². The van der Waals surface area contributed by atoms with E-state index in [-0.39, 0.29) is 32.3 Å². The van der Waals surface area contributed by atoms with Gasteiger partial charge in [0.1, 0.15) is 15.2 Å². The topological polar surface area (TPSA) is 125 Å². The molecular formula is C14H16ClN3O5S2. The van der Waals surface area contributed by atoms with Crippen LogP contribution in [0.25, 0.3) is 0 Å². The summed E-state index contributed by atoms with van der Waals surface area (Å²) in [5.41, 5.74) is -0.0473. The number of amides is 1. The molecule has 2 aromatic rings. The zero-order valence-electron chi connectivity index (χ0n) is 13.9. The number of nitrogens with zero attached hydrogens (tertiary/aromatic N) is 2. The van der Waals surface area contributed by atoms with Crippen LogP contribution >= 0.6 is 11.6 Å². The summed E-state index contributed by atoms with van der Waals surface area (Å²) in [6.45, 7) is 4.87. The van der Waals surface area contributed by atoms with Crippen molar-refractivity contribution in [1.82, 2.24) is 10.2 Å². The summed E-state index contributed by atoms with van der Waals surface area (Å²) in [5, 5.41) is 8.99. The number of hydrogen-bond acceptors (Lipinski definition) is 7. The first-order valence-corrected chi connectivity index (χ1v) is 10.5. The van der Waals surface area contributed by atoms with E-state index >= 15 is 0 Å². The van der Waals surface area contributed by atoms with Crippen molar-refractivity contribution in [2.45, 2.75) is 35.8 Å². The Hall–Kier alpha value is -1.62. The molecule has 1 atom stereocenters. The lowest BCUT2D eigenvalue weighted by molar-refractivity contribution is 0.102. The number of aromatic nitrogens is 2. The molecule has 11 heteroatoms. The second-order valence-electron chi connectivity index (χ2n) is 5.45. The summed E-state index contributed by atoms with van der Waals surface area (Å²) in [5.74, 6) is -0.425. The van der Waals surface area contributed by atoms with Gasteiger partial charge in [-0.05, 0) is 37.2 Å². The molecule has 0 radical (unpaired) electrons. The summed E-state index contributed by atoms with van der Waals surface area (Å²) >= 11 is 4.52. The lowest BCUT2D eigenvalue weighted by atomic mass is 10.2. The van der Waals surface area contributed by atoms with E-state index in [1.807, 2.05) is 0 Å². The smallest absolute Gasteiger partial charge is 0.322 e. The van der Waals surface area contributed by atoms with Crippen molar-refractivity contribution < 1.29 is 22.2 Å². The molecule has 1 unspecified atom stereocenters. The quantitative estimate of drug-likeness (QED) is 0.755. The Morgan fingerprint density at radius 1 is 1.36 bits per heavy atom. The summed E-state index contributed by atoms with van der Waals surface area (Å²) in [6, 6.07) is 2.33. The monoisotopic (exact) mass is 405 g/mol. The molecule has 1 amide bonds. The fourth-order valence-corrected chi connectivity index (χ4v) is 4.95. The Morgan fingerprint density at radius 2 is 2.00 bits per heavy atom. The van der Waals surface area contributed by atoms with E-state index in [4.69, 9.17) is 16.0 Å². The van der Waals surface area contributed by atoms with Gasteiger partial charge in [-0.25, -0.2) is 8.42 Å². The number of aryl methyl sites for hydroxylation is 1. The van der Waals surface area contributed by atoms with Crippen molar-refractivity contribution in [1.29, 1.82) is 0 Å². The first-order chi connectivity index (χ1) is 11.5. The van der Waals surface area contributed by atoms with Gasteiger partial charge in [0.25, 0.3) is 5.91 Å². The maximum atomic E-state index is 12.6. The zero-order chi connectivity index (χ0) is 18.9. The van der Waals surface area contributed by atoms with E-state index < -0.39 is 32.2 Å². The Balaban J connectivity index is 2.53. The average molecular weight is 406 g/mol. The van der Waals surface area contributed by atoms with E-state index in [1.165, 1.54) is 12.1 Å². The molecule has 0 saturated carbocycles. The van der Waals surface area contributed by atoms with E-state index in [0.717, 1.165) is 6.26 Å². The fourth-order valence-electron chi connectivity index (χ4n) is 1.94. The lowest BCUT2D eigenvalue weighted by Crippen LogP contribution is -2.21. The molecule has 25 heavy (non-hydrogen) atoms.